The lowest BCUT2D eigenvalue weighted by Gasteiger charge is -2.35. The fourth-order valence-electron chi connectivity index (χ4n) is 3.56. The first-order valence-electron chi connectivity index (χ1n) is 7.83. The van der Waals surface area contributed by atoms with E-state index >= 15 is 0 Å². The van der Waals surface area contributed by atoms with Crippen LogP contribution in [0.3, 0.4) is 0 Å². The number of hydrogen-bond donors (Lipinski definition) is 1. The number of para-hydroxylation sites is 1. The maximum atomic E-state index is 6.18. The second kappa shape index (κ2) is 6.55. The normalized spacial score (nSPS) is 24.0. The van der Waals surface area contributed by atoms with E-state index in [0.29, 0.717) is 6.04 Å². The van der Waals surface area contributed by atoms with Crippen molar-refractivity contribution < 1.29 is 4.74 Å². The van der Waals surface area contributed by atoms with Gasteiger partial charge in [-0.2, -0.15) is 0 Å². The average molecular weight is 311 g/mol. The van der Waals surface area contributed by atoms with Gasteiger partial charge in [-0.3, -0.25) is 4.90 Å². The first kappa shape index (κ1) is 16.6. The highest BCUT2D eigenvalue weighted by atomic mass is 35.5. The zero-order valence-corrected chi connectivity index (χ0v) is 13.9. The molecule has 1 unspecified atom stereocenters. The molecule has 1 aromatic rings. The van der Waals surface area contributed by atoms with E-state index in [1.165, 1.54) is 30.4 Å². The second-order valence-electron chi connectivity index (χ2n) is 6.80. The number of benzene rings is 1. The number of piperidine rings is 1. The van der Waals surface area contributed by atoms with Gasteiger partial charge >= 0.3 is 0 Å². The monoisotopic (exact) mass is 310 g/mol. The number of likely N-dealkylation sites (tertiary alicyclic amines) is 1. The molecule has 3 nitrogen and oxygen atoms in total. The summed E-state index contributed by atoms with van der Waals surface area (Å²) >= 11 is 0. The zero-order chi connectivity index (χ0) is 14.2. The first-order chi connectivity index (χ1) is 9.59. The number of ether oxygens (including phenoxy) is 1. The minimum absolute atomic E-state index is 0. The largest absolute Gasteiger partial charge is 0.487 e. The molecule has 1 fully saturated rings. The van der Waals surface area contributed by atoms with E-state index < -0.39 is 0 Å². The summed E-state index contributed by atoms with van der Waals surface area (Å²) in [4.78, 5) is 2.54. The molecule has 2 aliphatic heterocycles. The summed E-state index contributed by atoms with van der Waals surface area (Å²) < 4.78 is 6.18. The molecular formula is C17H27ClN2O. The van der Waals surface area contributed by atoms with Crippen LogP contribution in [0.1, 0.15) is 44.2 Å². The lowest BCUT2D eigenvalue weighted by molar-refractivity contribution is 0.125. The van der Waals surface area contributed by atoms with Crippen molar-refractivity contribution in [2.24, 2.45) is 5.73 Å². The number of nitrogens with zero attached hydrogens (tertiary/aromatic N) is 1. The summed E-state index contributed by atoms with van der Waals surface area (Å²) in [5, 5.41) is 0. The van der Waals surface area contributed by atoms with Gasteiger partial charge in [0.25, 0.3) is 0 Å². The van der Waals surface area contributed by atoms with E-state index in [2.05, 4.69) is 36.9 Å². The van der Waals surface area contributed by atoms with Crippen molar-refractivity contribution in [3.05, 3.63) is 29.3 Å². The van der Waals surface area contributed by atoms with Crippen molar-refractivity contribution in [2.75, 3.05) is 13.1 Å². The van der Waals surface area contributed by atoms with Gasteiger partial charge in [-0.05, 0) is 38.8 Å². The van der Waals surface area contributed by atoms with Crippen molar-refractivity contribution in [3.63, 3.8) is 0 Å². The van der Waals surface area contributed by atoms with Gasteiger partial charge in [0, 0.05) is 31.1 Å². The fraction of sp³-hybridized carbons (Fsp3) is 0.647. The van der Waals surface area contributed by atoms with Crippen molar-refractivity contribution >= 4 is 12.4 Å². The Morgan fingerprint density at radius 2 is 2.14 bits per heavy atom. The third-order valence-corrected chi connectivity index (χ3v) is 4.57. The Morgan fingerprint density at radius 1 is 1.33 bits per heavy atom. The Hall–Kier alpha value is -0.770. The molecule has 0 amide bonds. The maximum absolute atomic E-state index is 6.18. The lowest BCUT2D eigenvalue weighted by atomic mass is 9.98. The van der Waals surface area contributed by atoms with Gasteiger partial charge in [0.2, 0.25) is 0 Å². The molecule has 21 heavy (non-hydrogen) atoms. The van der Waals surface area contributed by atoms with Crippen LogP contribution in [0.15, 0.2) is 18.2 Å². The summed E-state index contributed by atoms with van der Waals surface area (Å²) in [6, 6.07) is 7.11. The molecule has 1 saturated heterocycles. The third-order valence-electron chi connectivity index (χ3n) is 4.57. The standard InChI is InChI=1S/C17H26N2O.ClH/c1-17(2)10-13-6-5-7-14(16(13)20-17)12-19-9-4-3-8-15(19)11-18;/h5-7,15H,3-4,8-12,18H2,1-2H3;1H. The highest BCUT2D eigenvalue weighted by molar-refractivity contribution is 5.85. The molecule has 0 saturated carbocycles. The number of rotatable bonds is 3. The van der Waals surface area contributed by atoms with Crippen LogP contribution in [0.4, 0.5) is 0 Å². The van der Waals surface area contributed by atoms with Crippen LogP contribution < -0.4 is 10.5 Å². The SMILES string of the molecule is CC1(C)Cc2cccc(CN3CCCCC3CN)c2O1.Cl. The highest BCUT2D eigenvalue weighted by Crippen LogP contribution is 2.38. The predicted molar refractivity (Wildman–Crippen MR) is 89.2 cm³/mol. The van der Waals surface area contributed by atoms with Crippen molar-refractivity contribution in [1.82, 2.24) is 4.90 Å². The second-order valence-corrected chi connectivity index (χ2v) is 6.80. The molecule has 118 valence electrons. The Bertz CT molecular complexity index is 490. The molecule has 0 aromatic heterocycles. The van der Waals surface area contributed by atoms with E-state index in [9.17, 15) is 0 Å². The lowest BCUT2D eigenvalue weighted by Crippen LogP contribution is -2.43. The topological polar surface area (TPSA) is 38.5 Å². The third kappa shape index (κ3) is 3.53. The quantitative estimate of drug-likeness (QED) is 0.932. The molecular weight excluding hydrogens is 284 g/mol. The van der Waals surface area contributed by atoms with E-state index in [1.807, 2.05) is 0 Å². The highest BCUT2D eigenvalue weighted by Gasteiger charge is 2.32. The Morgan fingerprint density at radius 3 is 2.90 bits per heavy atom. The summed E-state index contributed by atoms with van der Waals surface area (Å²) in [5.41, 5.74) is 8.55. The molecule has 2 heterocycles. The molecule has 1 atom stereocenters. The van der Waals surface area contributed by atoms with Crippen LogP contribution in [0, 0.1) is 0 Å². The molecule has 0 aliphatic carbocycles. The van der Waals surface area contributed by atoms with Crippen LogP contribution in [0.2, 0.25) is 0 Å². The number of fused-ring (bicyclic) bond motifs is 1. The van der Waals surface area contributed by atoms with Gasteiger partial charge < -0.3 is 10.5 Å². The Balaban J connectivity index is 0.00000161. The molecule has 0 radical (unpaired) electrons. The smallest absolute Gasteiger partial charge is 0.127 e. The van der Waals surface area contributed by atoms with Crippen LogP contribution >= 0.6 is 12.4 Å². The van der Waals surface area contributed by atoms with Crippen LogP contribution in [-0.4, -0.2) is 29.6 Å². The van der Waals surface area contributed by atoms with Gasteiger partial charge in [-0.15, -0.1) is 12.4 Å². The zero-order valence-electron chi connectivity index (χ0n) is 13.1. The average Bonchev–Trinajstić information content (AvgIpc) is 2.74. The van der Waals surface area contributed by atoms with Crippen LogP contribution in [0.25, 0.3) is 0 Å². The molecule has 4 heteroatoms. The minimum Gasteiger partial charge on any atom is -0.487 e. The molecule has 0 spiro atoms. The van der Waals surface area contributed by atoms with E-state index in [1.54, 1.807) is 0 Å². The maximum Gasteiger partial charge on any atom is 0.127 e. The van der Waals surface area contributed by atoms with Gasteiger partial charge in [0.15, 0.2) is 0 Å². The molecule has 1 aromatic carbocycles. The first-order valence-corrected chi connectivity index (χ1v) is 7.83. The van der Waals surface area contributed by atoms with Gasteiger partial charge in [-0.1, -0.05) is 24.6 Å². The van der Waals surface area contributed by atoms with E-state index in [4.69, 9.17) is 10.5 Å². The van der Waals surface area contributed by atoms with Gasteiger partial charge in [0.1, 0.15) is 11.4 Å². The number of halogens is 1. The molecule has 2 aliphatic rings. The van der Waals surface area contributed by atoms with Gasteiger partial charge in [0.05, 0.1) is 0 Å². The summed E-state index contributed by atoms with van der Waals surface area (Å²) in [6.45, 7) is 7.23. The fourth-order valence-corrected chi connectivity index (χ4v) is 3.56. The van der Waals surface area contributed by atoms with E-state index in [0.717, 1.165) is 31.8 Å². The summed E-state index contributed by atoms with van der Waals surface area (Å²) in [6.07, 6.45) is 4.85. The summed E-state index contributed by atoms with van der Waals surface area (Å²) in [7, 11) is 0. The Labute approximate surface area is 134 Å². The van der Waals surface area contributed by atoms with Crippen LogP contribution in [0.5, 0.6) is 5.75 Å². The Kier molecular flexibility index (Phi) is 5.18. The van der Waals surface area contributed by atoms with Crippen molar-refractivity contribution in [1.29, 1.82) is 0 Å². The molecule has 2 N–H and O–H groups in total. The number of hydrogen-bond acceptors (Lipinski definition) is 3. The summed E-state index contributed by atoms with van der Waals surface area (Å²) in [5.74, 6) is 1.12. The minimum atomic E-state index is -0.0619. The molecule has 0 bridgehead atoms. The number of nitrogens with two attached hydrogens (primary N) is 1. The predicted octanol–water partition coefficient (Wildman–Crippen LogP) is 3.14. The van der Waals surface area contributed by atoms with Gasteiger partial charge in [-0.25, -0.2) is 0 Å². The van der Waals surface area contributed by atoms with E-state index in [-0.39, 0.29) is 18.0 Å². The molecule has 3 rings (SSSR count). The van der Waals surface area contributed by atoms with Crippen molar-refractivity contribution in [2.45, 2.75) is 57.7 Å². The van der Waals surface area contributed by atoms with Crippen molar-refractivity contribution in [3.8, 4) is 5.75 Å². The van der Waals surface area contributed by atoms with Crippen LogP contribution in [-0.2, 0) is 13.0 Å².